The molecule has 1 aliphatic heterocycles. The van der Waals surface area contributed by atoms with E-state index in [2.05, 4.69) is 4.98 Å². The molecule has 0 atom stereocenters. The molecule has 0 bridgehead atoms. The third kappa shape index (κ3) is 3.47. The van der Waals surface area contributed by atoms with Crippen molar-refractivity contribution in [3.8, 4) is 0 Å². The second-order valence-electron chi connectivity index (χ2n) is 5.33. The summed E-state index contributed by atoms with van der Waals surface area (Å²) >= 11 is 1.20. The van der Waals surface area contributed by atoms with E-state index >= 15 is 0 Å². The van der Waals surface area contributed by atoms with Crippen molar-refractivity contribution in [1.82, 2.24) is 14.8 Å². The molecule has 6 nitrogen and oxygen atoms in total. The highest BCUT2D eigenvalue weighted by Crippen LogP contribution is 2.18. The standard InChI is InChI=1S/C13H20N4O2S/c1-9(2)7-11(18)16-3-5-17(6-4-16)12(19)10-8-15-13(14)20-10/h8-9H,3-7H2,1-2H3,(H2,14,15). The molecule has 0 aromatic carbocycles. The molecular formula is C13H20N4O2S. The average molecular weight is 296 g/mol. The zero-order valence-electron chi connectivity index (χ0n) is 11.8. The van der Waals surface area contributed by atoms with Crippen LogP contribution in [0.1, 0.15) is 29.9 Å². The van der Waals surface area contributed by atoms with Crippen molar-refractivity contribution in [2.75, 3.05) is 31.9 Å². The molecule has 0 unspecified atom stereocenters. The fourth-order valence-electron chi connectivity index (χ4n) is 2.18. The largest absolute Gasteiger partial charge is 0.375 e. The van der Waals surface area contributed by atoms with E-state index < -0.39 is 0 Å². The van der Waals surface area contributed by atoms with Crippen molar-refractivity contribution >= 4 is 28.3 Å². The minimum absolute atomic E-state index is 0.0461. The van der Waals surface area contributed by atoms with Gasteiger partial charge in [0.05, 0.1) is 6.20 Å². The van der Waals surface area contributed by atoms with Crippen molar-refractivity contribution in [3.05, 3.63) is 11.1 Å². The van der Waals surface area contributed by atoms with Gasteiger partial charge in [-0.05, 0) is 5.92 Å². The van der Waals surface area contributed by atoms with Gasteiger partial charge in [0.25, 0.3) is 5.91 Å². The van der Waals surface area contributed by atoms with Crippen LogP contribution in [0.15, 0.2) is 6.20 Å². The van der Waals surface area contributed by atoms with Gasteiger partial charge < -0.3 is 15.5 Å². The Hall–Kier alpha value is -1.63. The quantitative estimate of drug-likeness (QED) is 0.904. The van der Waals surface area contributed by atoms with Crippen LogP contribution in [0.25, 0.3) is 0 Å². The Morgan fingerprint density at radius 3 is 2.40 bits per heavy atom. The van der Waals surface area contributed by atoms with E-state index in [-0.39, 0.29) is 11.8 Å². The number of nitrogens with zero attached hydrogens (tertiary/aromatic N) is 3. The summed E-state index contributed by atoms with van der Waals surface area (Å²) < 4.78 is 0. The molecular weight excluding hydrogens is 276 g/mol. The molecule has 0 aliphatic carbocycles. The van der Waals surface area contributed by atoms with Crippen LogP contribution < -0.4 is 5.73 Å². The van der Waals surface area contributed by atoms with Gasteiger partial charge in [-0.25, -0.2) is 4.98 Å². The summed E-state index contributed by atoms with van der Waals surface area (Å²) in [5.41, 5.74) is 5.54. The summed E-state index contributed by atoms with van der Waals surface area (Å²) in [6.07, 6.45) is 2.08. The molecule has 0 radical (unpaired) electrons. The van der Waals surface area contributed by atoms with Gasteiger partial charge in [0.2, 0.25) is 5.91 Å². The summed E-state index contributed by atoms with van der Waals surface area (Å²) in [6, 6.07) is 0. The summed E-state index contributed by atoms with van der Waals surface area (Å²) in [6.45, 7) is 6.41. The van der Waals surface area contributed by atoms with E-state index in [1.807, 2.05) is 18.7 Å². The number of anilines is 1. The van der Waals surface area contributed by atoms with Crippen molar-refractivity contribution in [2.45, 2.75) is 20.3 Å². The first kappa shape index (κ1) is 14.8. The zero-order chi connectivity index (χ0) is 14.7. The van der Waals surface area contributed by atoms with Gasteiger partial charge in [-0.1, -0.05) is 25.2 Å². The Bertz CT molecular complexity index is 492. The van der Waals surface area contributed by atoms with Gasteiger partial charge in [-0.15, -0.1) is 0 Å². The molecule has 20 heavy (non-hydrogen) atoms. The third-order valence-electron chi connectivity index (χ3n) is 3.24. The van der Waals surface area contributed by atoms with Crippen molar-refractivity contribution in [1.29, 1.82) is 0 Å². The summed E-state index contributed by atoms with van der Waals surface area (Å²) in [5, 5.41) is 0.402. The molecule has 2 N–H and O–H groups in total. The number of hydrogen-bond acceptors (Lipinski definition) is 5. The first-order valence-corrected chi connectivity index (χ1v) is 7.57. The van der Waals surface area contributed by atoms with Crippen LogP contribution in [0, 0.1) is 5.92 Å². The van der Waals surface area contributed by atoms with Crippen LogP contribution in [-0.4, -0.2) is 52.8 Å². The van der Waals surface area contributed by atoms with Gasteiger partial charge >= 0.3 is 0 Å². The number of thiazole rings is 1. The number of amides is 2. The first-order chi connectivity index (χ1) is 9.47. The van der Waals surface area contributed by atoms with E-state index in [0.717, 1.165) is 0 Å². The van der Waals surface area contributed by atoms with Gasteiger partial charge in [-0.2, -0.15) is 0 Å². The lowest BCUT2D eigenvalue weighted by Gasteiger charge is -2.34. The van der Waals surface area contributed by atoms with Crippen molar-refractivity contribution in [2.24, 2.45) is 5.92 Å². The Balaban J connectivity index is 1.88. The molecule has 1 aliphatic rings. The predicted molar refractivity (Wildman–Crippen MR) is 78.5 cm³/mol. The van der Waals surface area contributed by atoms with Crippen LogP contribution in [0.2, 0.25) is 0 Å². The monoisotopic (exact) mass is 296 g/mol. The zero-order valence-corrected chi connectivity index (χ0v) is 12.7. The number of aromatic nitrogens is 1. The fourth-order valence-corrected chi connectivity index (χ4v) is 2.83. The molecule has 1 aromatic heterocycles. The van der Waals surface area contributed by atoms with Crippen molar-refractivity contribution < 1.29 is 9.59 Å². The number of rotatable bonds is 3. The Labute approximate surface area is 122 Å². The minimum Gasteiger partial charge on any atom is -0.375 e. The lowest BCUT2D eigenvalue weighted by molar-refractivity contribution is -0.133. The second-order valence-corrected chi connectivity index (χ2v) is 6.40. The number of nitrogen functional groups attached to an aromatic ring is 1. The number of carbonyl (C=O) groups is 2. The third-order valence-corrected chi connectivity index (χ3v) is 4.05. The molecule has 1 aromatic rings. The fraction of sp³-hybridized carbons (Fsp3) is 0.615. The normalized spacial score (nSPS) is 15.8. The number of carbonyl (C=O) groups excluding carboxylic acids is 2. The lowest BCUT2D eigenvalue weighted by atomic mass is 10.1. The highest BCUT2D eigenvalue weighted by atomic mass is 32.1. The Morgan fingerprint density at radius 1 is 1.30 bits per heavy atom. The molecule has 2 rings (SSSR count). The van der Waals surface area contributed by atoms with E-state index in [9.17, 15) is 9.59 Å². The van der Waals surface area contributed by atoms with Crippen molar-refractivity contribution in [3.63, 3.8) is 0 Å². The highest BCUT2D eigenvalue weighted by Gasteiger charge is 2.25. The number of nitrogens with two attached hydrogens (primary N) is 1. The van der Waals surface area contributed by atoms with Gasteiger partial charge in [-0.3, -0.25) is 9.59 Å². The topological polar surface area (TPSA) is 79.5 Å². The summed E-state index contributed by atoms with van der Waals surface area (Å²) in [5.74, 6) is 0.492. The Kier molecular flexibility index (Phi) is 4.59. The van der Waals surface area contributed by atoms with Crippen LogP contribution >= 0.6 is 11.3 Å². The molecule has 110 valence electrons. The highest BCUT2D eigenvalue weighted by molar-refractivity contribution is 7.17. The molecule has 2 amide bonds. The van der Waals surface area contributed by atoms with E-state index in [4.69, 9.17) is 5.73 Å². The first-order valence-electron chi connectivity index (χ1n) is 6.75. The maximum absolute atomic E-state index is 12.2. The predicted octanol–water partition coefficient (Wildman–Crippen LogP) is 1.06. The number of piperazine rings is 1. The maximum Gasteiger partial charge on any atom is 0.265 e. The van der Waals surface area contributed by atoms with Gasteiger partial charge in [0.15, 0.2) is 5.13 Å². The molecule has 1 fully saturated rings. The van der Waals surface area contributed by atoms with Gasteiger partial charge in [0, 0.05) is 32.6 Å². The lowest BCUT2D eigenvalue weighted by Crippen LogP contribution is -2.50. The smallest absolute Gasteiger partial charge is 0.265 e. The van der Waals surface area contributed by atoms with Crippen LogP contribution in [-0.2, 0) is 4.79 Å². The average Bonchev–Trinajstić information content (AvgIpc) is 2.84. The van der Waals surface area contributed by atoms with Crippen LogP contribution in [0.4, 0.5) is 5.13 Å². The summed E-state index contributed by atoms with van der Waals surface area (Å²) in [7, 11) is 0. The molecule has 2 heterocycles. The SMILES string of the molecule is CC(C)CC(=O)N1CCN(C(=O)c2cnc(N)s2)CC1. The Morgan fingerprint density at radius 2 is 1.90 bits per heavy atom. The van der Waals surface area contributed by atoms with Gasteiger partial charge in [0.1, 0.15) is 4.88 Å². The van der Waals surface area contributed by atoms with E-state index in [1.54, 1.807) is 4.90 Å². The second kappa shape index (κ2) is 6.21. The number of hydrogen-bond donors (Lipinski definition) is 1. The molecule has 1 saturated heterocycles. The minimum atomic E-state index is -0.0461. The van der Waals surface area contributed by atoms with Crippen LogP contribution in [0.5, 0.6) is 0 Å². The molecule has 0 saturated carbocycles. The van der Waals surface area contributed by atoms with Crippen LogP contribution in [0.3, 0.4) is 0 Å². The molecule has 0 spiro atoms. The maximum atomic E-state index is 12.2. The summed E-state index contributed by atoms with van der Waals surface area (Å²) in [4.78, 5) is 32.2. The molecule has 7 heteroatoms. The van der Waals surface area contributed by atoms with E-state index in [0.29, 0.717) is 48.5 Å². The van der Waals surface area contributed by atoms with E-state index in [1.165, 1.54) is 17.5 Å².